The maximum atomic E-state index is 13.5. The van der Waals surface area contributed by atoms with E-state index in [2.05, 4.69) is 16.0 Å². The van der Waals surface area contributed by atoms with E-state index < -0.39 is 41.1 Å². The van der Waals surface area contributed by atoms with Crippen molar-refractivity contribution in [3.8, 4) is 5.75 Å². The number of carboxylic acid groups (broad SMARTS) is 1. The number of nitrogens with two attached hydrogens (primary N) is 1. The zero-order chi connectivity index (χ0) is 34.8. The molecular weight excluding hydrogens is 621 g/mol. The second-order valence-corrected chi connectivity index (χ2v) is 11.9. The summed E-state index contributed by atoms with van der Waals surface area (Å²) in [5, 5.41) is 16.1. The number of ether oxygens (including phenoxy) is 2. The minimum absolute atomic E-state index is 0.0325. The zero-order valence-corrected chi connectivity index (χ0v) is 26.5. The van der Waals surface area contributed by atoms with Crippen LogP contribution in [0.15, 0.2) is 60.2 Å². The quantitative estimate of drug-likeness (QED) is 0.244. The van der Waals surface area contributed by atoms with Crippen LogP contribution in [-0.2, 0) is 30.5 Å². The molecule has 1 aliphatic heterocycles. The van der Waals surface area contributed by atoms with Crippen molar-refractivity contribution in [3.05, 3.63) is 71.3 Å². The summed E-state index contributed by atoms with van der Waals surface area (Å²) >= 11 is 0. The molecule has 2 aliphatic rings. The van der Waals surface area contributed by atoms with Gasteiger partial charge in [0.2, 0.25) is 11.8 Å². The molecule has 0 bridgehead atoms. The molecule has 0 aromatic heterocycles. The fraction of sp³-hybridized carbons (Fsp3) is 0.455. The van der Waals surface area contributed by atoms with E-state index in [0.29, 0.717) is 17.9 Å². The van der Waals surface area contributed by atoms with E-state index in [4.69, 9.17) is 25.1 Å². The van der Waals surface area contributed by atoms with Crippen molar-refractivity contribution in [2.75, 3.05) is 20.3 Å². The molecule has 1 aliphatic carbocycles. The van der Waals surface area contributed by atoms with E-state index in [0.717, 1.165) is 48.8 Å². The van der Waals surface area contributed by atoms with Crippen LogP contribution in [0.2, 0.25) is 0 Å². The van der Waals surface area contributed by atoms with Crippen molar-refractivity contribution < 1.29 is 46.9 Å². The molecule has 0 unspecified atom stereocenters. The van der Waals surface area contributed by atoms with E-state index in [9.17, 15) is 27.6 Å². The van der Waals surface area contributed by atoms with E-state index in [1.807, 2.05) is 54.6 Å². The maximum Gasteiger partial charge on any atom is 0.490 e. The van der Waals surface area contributed by atoms with Crippen LogP contribution in [0.1, 0.15) is 57.1 Å². The van der Waals surface area contributed by atoms with Crippen molar-refractivity contribution in [2.45, 2.75) is 75.9 Å². The molecule has 4 rings (SSSR count). The Balaban J connectivity index is 0.000000771. The standard InChI is InChI=1S/C31H40N4O5.C2HF3O2/c1-30(2,32)29(38)34-25(20-40-19-21-10-6-4-7-11-21)27(36)33-18-24-26(22-12-14-23(39-3)15-13-22)28(37)35-31(24)16-8-5-9-17-31;3-2(4,5)1(6)7/h4,6-7,10-15,25H,5,8-9,16-20,32H2,1-3H3,(H,33,36)(H,34,38)(H,35,37);(H,6,7)/t25-;/m1./s1. The first kappa shape index (κ1) is 37.0. The summed E-state index contributed by atoms with van der Waals surface area (Å²) in [4.78, 5) is 48.4. The number of carbonyl (C=O) groups excluding carboxylic acids is 3. The van der Waals surface area contributed by atoms with Gasteiger partial charge in [0.25, 0.3) is 5.91 Å². The first-order valence-electron chi connectivity index (χ1n) is 15.1. The molecule has 11 nitrogen and oxygen atoms in total. The Bertz CT molecular complexity index is 1430. The smallest absolute Gasteiger partial charge is 0.490 e. The number of alkyl halides is 3. The number of hydrogen-bond acceptors (Lipinski definition) is 7. The molecule has 1 saturated carbocycles. The molecule has 1 spiro atoms. The fourth-order valence-electron chi connectivity index (χ4n) is 5.33. The molecule has 3 amide bonds. The van der Waals surface area contributed by atoms with Gasteiger partial charge in [0.15, 0.2) is 0 Å². The Kier molecular flexibility index (Phi) is 12.5. The van der Waals surface area contributed by atoms with Crippen LogP contribution >= 0.6 is 0 Å². The number of nitrogens with one attached hydrogen (secondary N) is 3. The number of amides is 3. The van der Waals surface area contributed by atoms with E-state index in [1.165, 1.54) is 0 Å². The van der Waals surface area contributed by atoms with Gasteiger partial charge in [0.1, 0.15) is 11.8 Å². The fourth-order valence-corrected chi connectivity index (χ4v) is 5.33. The first-order chi connectivity index (χ1) is 22.1. The molecule has 256 valence electrons. The molecular formula is C33H41F3N4O7. The maximum absolute atomic E-state index is 13.5. The molecule has 0 saturated heterocycles. The Morgan fingerprint density at radius 2 is 1.62 bits per heavy atom. The van der Waals surface area contributed by atoms with Gasteiger partial charge in [0, 0.05) is 12.1 Å². The van der Waals surface area contributed by atoms with Crippen LogP contribution in [0.25, 0.3) is 5.57 Å². The highest BCUT2D eigenvalue weighted by atomic mass is 19.4. The molecule has 2 aromatic rings. The van der Waals surface area contributed by atoms with E-state index >= 15 is 0 Å². The third-order valence-corrected chi connectivity index (χ3v) is 7.83. The number of methoxy groups -OCH3 is 1. The first-order valence-corrected chi connectivity index (χ1v) is 15.1. The average molecular weight is 663 g/mol. The molecule has 1 atom stereocenters. The average Bonchev–Trinajstić information content (AvgIpc) is 3.28. The van der Waals surface area contributed by atoms with Crippen LogP contribution in [0.5, 0.6) is 5.75 Å². The summed E-state index contributed by atoms with van der Waals surface area (Å²) < 4.78 is 42.8. The van der Waals surface area contributed by atoms with Crippen LogP contribution in [0.4, 0.5) is 13.2 Å². The summed E-state index contributed by atoms with van der Waals surface area (Å²) in [5.41, 5.74) is 7.48. The van der Waals surface area contributed by atoms with Crippen LogP contribution in [-0.4, -0.2) is 72.4 Å². The Labute approximate surface area is 271 Å². The largest absolute Gasteiger partial charge is 0.497 e. The van der Waals surface area contributed by atoms with Gasteiger partial charge in [-0.2, -0.15) is 13.2 Å². The Morgan fingerprint density at radius 1 is 1.02 bits per heavy atom. The van der Waals surface area contributed by atoms with Crippen LogP contribution in [0, 0.1) is 0 Å². The number of carbonyl (C=O) groups is 4. The van der Waals surface area contributed by atoms with Crippen molar-refractivity contribution in [3.63, 3.8) is 0 Å². The second-order valence-electron chi connectivity index (χ2n) is 11.9. The normalized spacial score (nSPS) is 16.4. The second kappa shape index (κ2) is 15.9. The molecule has 6 N–H and O–H groups in total. The number of aliphatic carboxylic acids is 1. The van der Waals surface area contributed by atoms with Crippen molar-refractivity contribution in [1.82, 2.24) is 16.0 Å². The SMILES string of the molecule is COc1ccc(C2=C(CNC(=O)[C@@H](COCc3ccccc3)NC(=O)C(C)(C)N)C3(CCCCC3)NC2=O)cc1.O=C(O)C(F)(F)F. The Hall–Kier alpha value is -4.43. The number of halogens is 3. The van der Waals surface area contributed by atoms with Gasteiger partial charge in [-0.05, 0) is 55.5 Å². The van der Waals surface area contributed by atoms with Crippen LogP contribution < -0.4 is 26.4 Å². The molecule has 14 heteroatoms. The number of hydrogen-bond donors (Lipinski definition) is 5. The molecule has 2 aromatic carbocycles. The summed E-state index contributed by atoms with van der Waals surface area (Å²) in [6, 6.07) is 16.0. The highest BCUT2D eigenvalue weighted by Crippen LogP contribution is 2.42. The molecule has 1 heterocycles. The van der Waals surface area contributed by atoms with Crippen molar-refractivity contribution >= 4 is 29.3 Å². The monoisotopic (exact) mass is 662 g/mol. The third-order valence-electron chi connectivity index (χ3n) is 7.83. The molecule has 0 radical (unpaired) electrons. The minimum Gasteiger partial charge on any atom is -0.497 e. The number of carboxylic acids is 1. The van der Waals surface area contributed by atoms with Crippen molar-refractivity contribution in [2.24, 2.45) is 5.73 Å². The summed E-state index contributed by atoms with van der Waals surface area (Å²) in [6.45, 7) is 3.58. The molecule has 47 heavy (non-hydrogen) atoms. The third kappa shape index (κ3) is 10.3. The van der Waals surface area contributed by atoms with Gasteiger partial charge in [-0.1, -0.05) is 61.7 Å². The van der Waals surface area contributed by atoms with Crippen molar-refractivity contribution in [1.29, 1.82) is 0 Å². The van der Waals surface area contributed by atoms with E-state index in [1.54, 1.807) is 21.0 Å². The van der Waals surface area contributed by atoms with Gasteiger partial charge in [-0.3, -0.25) is 14.4 Å². The van der Waals surface area contributed by atoms with Gasteiger partial charge >= 0.3 is 12.1 Å². The highest BCUT2D eigenvalue weighted by Gasteiger charge is 2.45. The summed E-state index contributed by atoms with van der Waals surface area (Å²) in [7, 11) is 1.60. The van der Waals surface area contributed by atoms with Gasteiger partial charge < -0.3 is 36.3 Å². The number of benzene rings is 2. The predicted octanol–water partition coefficient (Wildman–Crippen LogP) is 3.47. The number of rotatable bonds is 11. The molecule has 1 fully saturated rings. The lowest BCUT2D eigenvalue weighted by molar-refractivity contribution is -0.192. The van der Waals surface area contributed by atoms with Gasteiger partial charge in [0.05, 0.1) is 31.4 Å². The minimum atomic E-state index is -5.08. The zero-order valence-electron chi connectivity index (χ0n) is 26.5. The highest BCUT2D eigenvalue weighted by molar-refractivity contribution is 6.24. The van der Waals surface area contributed by atoms with E-state index in [-0.39, 0.29) is 19.1 Å². The lowest BCUT2D eigenvalue weighted by Gasteiger charge is -2.36. The van der Waals surface area contributed by atoms with Gasteiger partial charge in [-0.25, -0.2) is 4.79 Å². The van der Waals surface area contributed by atoms with Gasteiger partial charge in [-0.15, -0.1) is 0 Å². The Morgan fingerprint density at radius 3 is 2.15 bits per heavy atom. The summed E-state index contributed by atoms with van der Waals surface area (Å²) in [6.07, 6.45) is -0.371. The predicted molar refractivity (Wildman–Crippen MR) is 167 cm³/mol. The summed E-state index contributed by atoms with van der Waals surface area (Å²) in [5.74, 6) is -3.07. The topological polar surface area (TPSA) is 169 Å². The van der Waals surface area contributed by atoms with Crippen LogP contribution in [0.3, 0.4) is 0 Å². The lowest BCUT2D eigenvalue weighted by atomic mass is 9.76. The lowest BCUT2D eigenvalue weighted by Crippen LogP contribution is -2.57.